The lowest BCUT2D eigenvalue weighted by Gasteiger charge is -2.30. The first-order valence-electron chi connectivity index (χ1n) is 5.61. The quantitative estimate of drug-likeness (QED) is 0.450. The molecule has 0 aromatic rings. The number of hydrogen-bond acceptors (Lipinski definition) is 6. The summed E-state index contributed by atoms with van der Waals surface area (Å²) in [5, 5.41) is 28.5. The predicted octanol–water partition coefficient (Wildman–Crippen LogP) is -2.33. The second-order valence-corrected chi connectivity index (χ2v) is 4.28. The molecule has 7 heteroatoms. The summed E-state index contributed by atoms with van der Waals surface area (Å²) in [6, 6.07) is 0. The molecular formula is C11H16N2O5. The number of aliphatic hydroxyl groups is 3. The van der Waals surface area contributed by atoms with Crippen LogP contribution < -0.4 is 5.73 Å². The van der Waals surface area contributed by atoms with Crippen molar-refractivity contribution < 1.29 is 24.9 Å². The van der Waals surface area contributed by atoms with Crippen LogP contribution in [0, 0.1) is 0 Å². The van der Waals surface area contributed by atoms with Gasteiger partial charge in [-0.05, 0) is 0 Å². The summed E-state index contributed by atoms with van der Waals surface area (Å²) in [5.74, 6) is -0.581. The van der Waals surface area contributed by atoms with Crippen LogP contribution in [0.15, 0.2) is 23.9 Å². The highest BCUT2D eigenvalue weighted by Gasteiger charge is 2.44. The number of carbonyl (C=O) groups excluding carboxylic acids is 1. The summed E-state index contributed by atoms with van der Waals surface area (Å²) >= 11 is 0. The second kappa shape index (κ2) is 5.07. The van der Waals surface area contributed by atoms with Gasteiger partial charge >= 0.3 is 0 Å². The number of rotatable bonds is 3. The molecule has 5 N–H and O–H groups in total. The molecular weight excluding hydrogens is 240 g/mol. The Kier molecular flexibility index (Phi) is 3.67. The van der Waals surface area contributed by atoms with Gasteiger partial charge in [-0.25, -0.2) is 0 Å². The SMILES string of the molecule is NC(=O)C1=CN([C@@H]2O[C@H](CO)C(O)C2O)CC=C1. The van der Waals surface area contributed by atoms with Gasteiger partial charge in [0, 0.05) is 12.7 Å². The molecule has 0 bridgehead atoms. The molecule has 18 heavy (non-hydrogen) atoms. The van der Waals surface area contributed by atoms with Crippen LogP contribution in [-0.2, 0) is 9.53 Å². The molecule has 0 saturated carbocycles. The number of ether oxygens (including phenoxy) is 1. The molecule has 0 aromatic carbocycles. The van der Waals surface area contributed by atoms with Gasteiger partial charge in [0.05, 0.1) is 12.2 Å². The maximum Gasteiger partial charge on any atom is 0.250 e. The van der Waals surface area contributed by atoms with E-state index in [1.165, 1.54) is 6.20 Å². The van der Waals surface area contributed by atoms with Crippen LogP contribution in [0.5, 0.6) is 0 Å². The van der Waals surface area contributed by atoms with E-state index in [0.717, 1.165) is 0 Å². The standard InChI is InChI=1S/C11H16N2O5/c12-10(17)6-2-1-3-13(4-6)11-9(16)8(15)7(5-14)18-11/h1-2,4,7-9,11,14-16H,3,5H2,(H2,12,17)/t7-,8?,9?,11-/m1/s1. The topological polar surface area (TPSA) is 116 Å². The van der Waals surface area contributed by atoms with Crippen LogP contribution in [-0.4, -0.2) is 63.8 Å². The third-order valence-electron chi connectivity index (χ3n) is 3.05. The van der Waals surface area contributed by atoms with Crippen LogP contribution in [0.1, 0.15) is 0 Å². The van der Waals surface area contributed by atoms with Gasteiger partial charge < -0.3 is 30.7 Å². The summed E-state index contributed by atoms with van der Waals surface area (Å²) < 4.78 is 5.35. The van der Waals surface area contributed by atoms with Crippen molar-refractivity contribution in [3.63, 3.8) is 0 Å². The Labute approximate surface area is 104 Å². The molecule has 1 saturated heterocycles. The average Bonchev–Trinajstić information content (AvgIpc) is 2.66. The zero-order valence-electron chi connectivity index (χ0n) is 9.64. The van der Waals surface area contributed by atoms with E-state index < -0.39 is 30.4 Å². The van der Waals surface area contributed by atoms with E-state index in [1.54, 1.807) is 17.1 Å². The van der Waals surface area contributed by atoms with Gasteiger partial charge in [0.15, 0.2) is 6.23 Å². The Hall–Kier alpha value is -1.41. The zero-order chi connectivity index (χ0) is 13.3. The lowest BCUT2D eigenvalue weighted by atomic mass is 10.1. The number of primary amides is 1. The molecule has 2 heterocycles. The minimum atomic E-state index is -1.16. The Morgan fingerprint density at radius 1 is 1.50 bits per heavy atom. The van der Waals surface area contributed by atoms with Crippen LogP contribution in [0.4, 0.5) is 0 Å². The molecule has 0 radical (unpaired) electrons. The fourth-order valence-electron chi connectivity index (χ4n) is 2.05. The van der Waals surface area contributed by atoms with Crippen LogP contribution in [0.25, 0.3) is 0 Å². The van der Waals surface area contributed by atoms with E-state index in [-0.39, 0.29) is 6.61 Å². The summed E-state index contributed by atoms with van der Waals surface area (Å²) in [4.78, 5) is 12.6. The monoisotopic (exact) mass is 256 g/mol. The van der Waals surface area contributed by atoms with E-state index in [2.05, 4.69) is 0 Å². The Balaban J connectivity index is 2.13. The van der Waals surface area contributed by atoms with Crippen molar-refractivity contribution in [3.8, 4) is 0 Å². The van der Waals surface area contributed by atoms with Gasteiger partial charge in [0.25, 0.3) is 0 Å². The van der Waals surface area contributed by atoms with Crippen molar-refractivity contribution in [2.24, 2.45) is 5.73 Å². The lowest BCUT2D eigenvalue weighted by Crippen LogP contribution is -2.42. The number of carbonyl (C=O) groups is 1. The number of nitrogens with two attached hydrogens (primary N) is 1. The molecule has 1 amide bonds. The maximum atomic E-state index is 11.1. The summed E-state index contributed by atoms with van der Waals surface area (Å²) in [6.45, 7) is 0.0359. The maximum absolute atomic E-state index is 11.1. The number of hydrogen-bond donors (Lipinski definition) is 4. The summed E-state index contributed by atoms with van der Waals surface area (Å²) in [5.41, 5.74) is 5.46. The second-order valence-electron chi connectivity index (χ2n) is 4.28. The van der Waals surface area contributed by atoms with E-state index >= 15 is 0 Å². The predicted molar refractivity (Wildman–Crippen MR) is 60.9 cm³/mol. The van der Waals surface area contributed by atoms with E-state index in [4.69, 9.17) is 15.6 Å². The van der Waals surface area contributed by atoms with E-state index in [0.29, 0.717) is 12.1 Å². The third kappa shape index (κ3) is 2.25. The number of nitrogens with zero attached hydrogens (tertiary/aromatic N) is 1. The first-order chi connectivity index (χ1) is 8.54. The average molecular weight is 256 g/mol. The summed E-state index contributed by atoms with van der Waals surface area (Å²) in [7, 11) is 0. The fourth-order valence-corrected chi connectivity index (χ4v) is 2.05. The van der Waals surface area contributed by atoms with E-state index in [1.807, 2.05) is 0 Å². The molecule has 2 unspecified atom stereocenters. The van der Waals surface area contributed by atoms with Gasteiger partial charge in [-0.1, -0.05) is 12.2 Å². The normalized spacial score (nSPS) is 35.7. The summed E-state index contributed by atoms with van der Waals surface area (Å²) in [6.07, 6.45) is 0.811. The highest BCUT2D eigenvalue weighted by molar-refractivity contribution is 5.94. The first-order valence-corrected chi connectivity index (χ1v) is 5.61. The minimum Gasteiger partial charge on any atom is -0.394 e. The molecule has 1 fully saturated rings. The zero-order valence-corrected chi connectivity index (χ0v) is 9.64. The van der Waals surface area contributed by atoms with E-state index in [9.17, 15) is 15.0 Å². The highest BCUT2D eigenvalue weighted by Crippen LogP contribution is 2.25. The van der Waals surface area contributed by atoms with Crippen molar-refractivity contribution in [3.05, 3.63) is 23.9 Å². The van der Waals surface area contributed by atoms with Gasteiger partial charge in [0.2, 0.25) is 5.91 Å². The molecule has 0 aromatic heterocycles. The molecule has 2 aliphatic heterocycles. The molecule has 2 rings (SSSR count). The first kappa shape index (κ1) is 13.0. The van der Waals surface area contributed by atoms with Crippen molar-refractivity contribution in [2.45, 2.75) is 24.5 Å². The Morgan fingerprint density at radius 2 is 2.22 bits per heavy atom. The van der Waals surface area contributed by atoms with Crippen LogP contribution in [0.2, 0.25) is 0 Å². The third-order valence-corrected chi connectivity index (χ3v) is 3.05. The Morgan fingerprint density at radius 3 is 2.78 bits per heavy atom. The molecule has 2 aliphatic rings. The van der Waals surface area contributed by atoms with Gasteiger partial charge in [0.1, 0.15) is 18.3 Å². The fraction of sp³-hybridized carbons (Fsp3) is 0.545. The number of aliphatic hydroxyl groups excluding tert-OH is 3. The van der Waals surface area contributed by atoms with Gasteiger partial charge in [-0.3, -0.25) is 4.79 Å². The highest BCUT2D eigenvalue weighted by atomic mass is 16.6. The lowest BCUT2D eigenvalue weighted by molar-refractivity contribution is -0.114. The van der Waals surface area contributed by atoms with Crippen LogP contribution in [0.3, 0.4) is 0 Å². The smallest absolute Gasteiger partial charge is 0.250 e. The van der Waals surface area contributed by atoms with Gasteiger partial charge in [-0.15, -0.1) is 0 Å². The molecule has 0 aliphatic carbocycles. The molecule has 7 nitrogen and oxygen atoms in total. The van der Waals surface area contributed by atoms with Crippen molar-refractivity contribution >= 4 is 5.91 Å². The Bertz CT molecular complexity index is 395. The van der Waals surface area contributed by atoms with Crippen LogP contribution >= 0.6 is 0 Å². The largest absolute Gasteiger partial charge is 0.394 e. The van der Waals surface area contributed by atoms with Crippen molar-refractivity contribution in [1.29, 1.82) is 0 Å². The van der Waals surface area contributed by atoms with Crippen molar-refractivity contribution in [1.82, 2.24) is 4.90 Å². The van der Waals surface area contributed by atoms with Gasteiger partial charge in [-0.2, -0.15) is 0 Å². The molecule has 0 spiro atoms. The number of amides is 1. The molecule has 4 atom stereocenters. The van der Waals surface area contributed by atoms with Crippen molar-refractivity contribution in [2.75, 3.05) is 13.2 Å². The minimum absolute atomic E-state index is 0.291. The molecule has 100 valence electrons.